The first-order valence-corrected chi connectivity index (χ1v) is 10.2. The molecule has 3 heterocycles. The van der Waals surface area contributed by atoms with Gasteiger partial charge in [-0.05, 0) is 43.2 Å². The van der Waals surface area contributed by atoms with E-state index < -0.39 is 0 Å². The number of aromatic hydroxyl groups is 1. The second-order valence-corrected chi connectivity index (χ2v) is 7.43. The van der Waals surface area contributed by atoms with Gasteiger partial charge in [0.2, 0.25) is 5.91 Å². The maximum atomic E-state index is 12.6. The zero-order chi connectivity index (χ0) is 20.9. The highest BCUT2D eigenvalue weighted by molar-refractivity contribution is 5.76. The number of hydrogen-bond acceptors (Lipinski definition) is 6. The molecule has 30 heavy (non-hydrogen) atoms. The fourth-order valence-corrected chi connectivity index (χ4v) is 3.64. The number of anilines is 1. The molecule has 1 fully saturated rings. The van der Waals surface area contributed by atoms with Crippen LogP contribution in [-0.4, -0.2) is 57.0 Å². The van der Waals surface area contributed by atoms with E-state index in [1.54, 1.807) is 24.5 Å². The third kappa shape index (κ3) is 4.56. The second kappa shape index (κ2) is 8.90. The van der Waals surface area contributed by atoms with Crippen LogP contribution in [0.4, 0.5) is 5.82 Å². The van der Waals surface area contributed by atoms with Crippen molar-refractivity contribution < 1.29 is 9.90 Å². The smallest absolute Gasteiger partial charge is 0.223 e. The van der Waals surface area contributed by atoms with Gasteiger partial charge < -0.3 is 14.9 Å². The van der Waals surface area contributed by atoms with Gasteiger partial charge in [-0.2, -0.15) is 0 Å². The number of rotatable bonds is 5. The summed E-state index contributed by atoms with van der Waals surface area (Å²) < 4.78 is 0. The van der Waals surface area contributed by atoms with Crippen molar-refractivity contribution >= 4 is 11.7 Å². The van der Waals surface area contributed by atoms with Crippen molar-refractivity contribution in [3.05, 3.63) is 66.1 Å². The lowest BCUT2D eigenvalue weighted by atomic mass is 10.1. The standard InChI is InChI=1S/C23H25N5O2/c1-17-16-21(26-23(25-17)19-4-2-3-5-20(19)29)27-12-14-28(15-13-27)22(30)7-6-18-8-10-24-11-9-18/h2-5,8-11,16,29H,6-7,12-15H2,1H3. The molecule has 1 N–H and O–H groups in total. The summed E-state index contributed by atoms with van der Waals surface area (Å²) in [5, 5.41) is 10.1. The lowest BCUT2D eigenvalue weighted by molar-refractivity contribution is -0.131. The van der Waals surface area contributed by atoms with Crippen molar-refractivity contribution in [2.24, 2.45) is 0 Å². The zero-order valence-corrected chi connectivity index (χ0v) is 17.0. The Hall–Kier alpha value is -3.48. The summed E-state index contributed by atoms with van der Waals surface area (Å²) >= 11 is 0. The number of hydrogen-bond donors (Lipinski definition) is 1. The van der Waals surface area contributed by atoms with Crippen molar-refractivity contribution in [3.63, 3.8) is 0 Å². The van der Waals surface area contributed by atoms with E-state index in [0.717, 1.165) is 36.6 Å². The van der Waals surface area contributed by atoms with Crippen LogP contribution in [0.2, 0.25) is 0 Å². The number of carbonyl (C=O) groups is 1. The molecule has 0 aliphatic carbocycles. The van der Waals surface area contributed by atoms with Crippen LogP contribution >= 0.6 is 0 Å². The normalized spacial score (nSPS) is 14.0. The molecule has 0 radical (unpaired) electrons. The topological polar surface area (TPSA) is 82.5 Å². The maximum absolute atomic E-state index is 12.6. The number of phenolic OH excluding ortho intramolecular Hbond substituents is 1. The summed E-state index contributed by atoms with van der Waals surface area (Å²) in [4.78, 5) is 29.9. The van der Waals surface area contributed by atoms with Crippen molar-refractivity contribution in [2.75, 3.05) is 31.1 Å². The van der Waals surface area contributed by atoms with E-state index in [0.29, 0.717) is 30.9 Å². The number of benzene rings is 1. The van der Waals surface area contributed by atoms with Gasteiger partial charge in [0, 0.05) is 56.8 Å². The monoisotopic (exact) mass is 403 g/mol. The average Bonchev–Trinajstić information content (AvgIpc) is 2.78. The van der Waals surface area contributed by atoms with Crippen molar-refractivity contribution in [3.8, 4) is 17.1 Å². The van der Waals surface area contributed by atoms with Crippen molar-refractivity contribution in [2.45, 2.75) is 19.8 Å². The molecule has 1 amide bonds. The lowest BCUT2D eigenvalue weighted by Crippen LogP contribution is -2.49. The summed E-state index contributed by atoms with van der Waals surface area (Å²) in [7, 11) is 0. The number of phenols is 1. The number of para-hydroxylation sites is 1. The van der Waals surface area contributed by atoms with E-state index >= 15 is 0 Å². The summed E-state index contributed by atoms with van der Waals surface area (Å²) in [6.45, 7) is 4.71. The van der Waals surface area contributed by atoms with E-state index in [2.05, 4.69) is 19.9 Å². The van der Waals surface area contributed by atoms with Gasteiger partial charge in [0.15, 0.2) is 5.82 Å². The van der Waals surface area contributed by atoms with Crippen molar-refractivity contribution in [1.82, 2.24) is 19.9 Å². The van der Waals surface area contributed by atoms with E-state index in [9.17, 15) is 9.90 Å². The van der Waals surface area contributed by atoms with Gasteiger partial charge in [-0.3, -0.25) is 9.78 Å². The average molecular weight is 403 g/mol. The van der Waals surface area contributed by atoms with Crippen LogP contribution in [0.25, 0.3) is 11.4 Å². The number of amides is 1. The largest absolute Gasteiger partial charge is 0.507 e. The Bertz CT molecular complexity index is 1020. The molecule has 7 nitrogen and oxygen atoms in total. The fourth-order valence-electron chi connectivity index (χ4n) is 3.64. The Morgan fingerprint density at radius 2 is 1.77 bits per heavy atom. The zero-order valence-electron chi connectivity index (χ0n) is 17.0. The fraction of sp³-hybridized carbons (Fsp3) is 0.304. The molecule has 0 atom stereocenters. The number of aromatic nitrogens is 3. The predicted octanol–water partition coefficient (Wildman–Crippen LogP) is 2.83. The van der Waals surface area contributed by atoms with Crippen LogP contribution in [0.1, 0.15) is 17.7 Å². The van der Waals surface area contributed by atoms with Crippen LogP contribution < -0.4 is 4.90 Å². The summed E-state index contributed by atoms with van der Waals surface area (Å²) in [6, 6.07) is 12.9. The Balaban J connectivity index is 1.39. The third-order valence-electron chi connectivity index (χ3n) is 5.32. The molecule has 0 unspecified atom stereocenters. The molecule has 1 aliphatic rings. The molecule has 154 valence electrons. The maximum Gasteiger partial charge on any atom is 0.223 e. The Morgan fingerprint density at radius 1 is 1.03 bits per heavy atom. The number of nitrogens with zero attached hydrogens (tertiary/aromatic N) is 5. The molecule has 1 aromatic carbocycles. The first kappa shape index (κ1) is 19.8. The summed E-state index contributed by atoms with van der Waals surface area (Å²) in [5.74, 6) is 1.68. The minimum absolute atomic E-state index is 0.165. The van der Waals surface area contributed by atoms with Crippen molar-refractivity contribution in [1.29, 1.82) is 0 Å². The van der Waals surface area contributed by atoms with Crippen LogP contribution in [0.3, 0.4) is 0 Å². The van der Waals surface area contributed by atoms with E-state index in [1.807, 2.05) is 42.2 Å². The van der Waals surface area contributed by atoms with Gasteiger partial charge in [-0.1, -0.05) is 12.1 Å². The van der Waals surface area contributed by atoms with Gasteiger partial charge in [0.05, 0.1) is 5.56 Å². The van der Waals surface area contributed by atoms with Crippen LogP contribution in [0, 0.1) is 6.92 Å². The highest BCUT2D eigenvalue weighted by Crippen LogP contribution is 2.28. The second-order valence-electron chi connectivity index (χ2n) is 7.43. The summed E-state index contributed by atoms with van der Waals surface area (Å²) in [6.07, 6.45) is 4.75. The number of carbonyl (C=O) groups excluding carboxylic acids is 1. The first-order chi connectivity index (χ1) is 14.6. The van der Waals surface area contributed by atoms with E-state index in [1.165, 1.54) is 0 Å². The Labute approximate surface area is 176 Å². The molecule has 2 aromatic heterocycles. The molecule has 0 saturated carbocycles. The molecular weight excluding hydrogens is 378 g/mol. The van der Waals surface area contributed by atoms with Crippen LogP contribution in [0.5, 0.6) is 5.75 Å². The van der Waals surface area contributed by atoms with Gasteiger partial charge in [0.25, 0.3) is 0 Å². The Kier molecular flexibility index (Phi) is 5.88. The molecule has 1 aliphatic heterocycles. The Morgan fingerprint density at radius 3 is 2.50 bits per heavy atom. The van der Waals surface area contributed by atoms with Crippen LogP contribution in [-0.2, 0) is 11.2 Å². The van der Waals surface area contributed by atoms with Gasteiger partial charge in [-0.25, -0.2) is 9.97 Å². The lowest BCUT2D eigenvalue weighted by Gasteiger charge is -2.35. The number of pyridine rings is 1. The summed E-state index contributed by atoms with van der Waals surface area (Å²) in [5.41, 5.74) is 2.59. The first-order valence-electron chi connectivity index (χ1n) is 10.2. The number of aryl methyl sites for hydroxylation is 2. The van der Waals surface area contributed by atoms with Gasteiger partial charge in [-0.15, -0.1) is 0 Å². The van der Waals surface area contributed by atoms with E-state index in [4.69, 9.17) is 0 Å². The molecule has 3 aromatic rings. The quantitative estimate of drug-likeness (QED) is 0.705. The third-order valence-corrected chi connectivity index (χ3v) is 5.32. The molecule has 0 spiro atoms. The van der Waals surface area contributed by atoms with E-state index in [-0.39, 0.29) is 11.7 Å². The predicted molar refractivity (Wildman–Crippen MR) is 115 cm³/mol. The molecule has 4 rings (SSSR count). The minimum Gasteiger partial charge on any atom is -0.507 e. The highest BCUT2D eigenvalue weighted by Gasteiger charge is 2.22. The number of piperazine rings is 1. The van der Waals surface area contributed by atoms with Crippen LogP contribution in [0.15, 0.2) is 54.9 Å². The molecule has 1 saturated heterocycles. The molecule has 7 heteroatoms. The molecule has 0 bridgehead atoms. The van der Waals surface area contributed by atoms with Gasteiger partial charge in [0.1, 0.15) is 11.6 Å². The minimum atomic E-state index is 0.165. The highest BCUT2D eigenvalue weighted by atomic mass is 16.3. The SMILES string of the molecule is Cc1cc(N2CCN(C(=O)CCc3ccncc3)CC2)nc(-c2ccccc2O)n1. The van der Waals surface area contributed by atoms with Gasteiger partial charge >= 0.3 is 0 Å². The molecular formula is C23H25N5O2.